The summed E-state index contributed by atoms with van der Waals surface area (Å²) >= 11 is 14.9. The Morgan fingerprint density at radius 1 is 0.853 bits per heavy atom. The van der Waals surface area contributed by atoms with Gasteiger partial charge in [0.1, 0.15) is 0 Å². The van der Waals surface area contributed by atoms with Gasteiger partial charge in [0.05, 0.1) is 0 Å². The predicted octanol–water partition coefficient (Wildman–Crippen LogP) is 5.30. The molecule has 3 aromatic carbocycles. The van der Waals surface area contributed by atoms with E-state index >= 15 is 0 Å². The van der Waals surface area contributed by atoms with E-state index in [0.717, 1.165) is 49.2 Å². The van der Waals surface area contributed by atoms with Crippen molar-refractivity contribution in [2.75, 3.05) is 0 Å². The van der Waals surface area contributed by atoms with E-state index < -0.39 is 0 Å². The van der Waals surface area contributed by atoms with E-state index in [4.69, 9.17) is 28.2 Å². The SMILES string of the molecule is Cn1c(-c2ccc(Cl)cc2)nc([As])c1Cc1ccc2c(c1)c(-c1cccc(Cl)c1)cc(=O)n2C. The zero-order valence-electron chi connectivity index (χ0n) is 18.6. The summed E-state index contributed by atoms with van der Waals surface area (Å²) in [6.45, 7) is 0. The molecular weight excluding hydrogens is 528 g/mol. The number of hydrogen-bond acceptors (Lipinski definition) is 2. The molecule has 0 aliphatic carbocycles. The Labute approximate surface area is 216 Å². The van der Waals surface area contributed by atoms with Crippen LogP contribution in [-0.4, -0.2) is 31.0 Å². The molecule has 4 nitrogen and oxygen atoms in total. The summed E-state index contributed by atoms with van der Waals surface area (Å²) in [6.07, 6.45) is 0.703. The molecule has 0 spiro atoms. The molecule has 0 N–H and O–H groups in total. The van der Waals surface area contributed by atoms with Crippen molar-refractivity contribution in [1.82, 2.24) is 14.1 Å². The van der Waals surface area contributed by atoms with Crippen LogP contribution in [0.15, 0.2) is 77.6 Å². The van der Waals surface area contributed by atoms with Crippen molar-refractivity contribution in [3.8, 4) is 22.5 Å². The van der Waals surface area contributed by atoms with Crippen molar-refractivity contribution in [1.29, 1.82) is 0 Å². The normalized spacial score (nSPS) is 11.3. The van der Waals surface area contributed by atoms with Gasteiger partial charge in [-0.05, 0) is 0 Å². The van der Waals surface area contributed by atoms with Gasteiger partial charge in [-0.3, -0.25) is 0 Å². The maximum absolute atomic E-state index is 12.6. The molecule has 5 aromatic rings. The number of nitrogens with zero attached hydrogens (tertiary/aromatic N) is 3. The zero-order valence-corrected chi connectivity index (χ0v) is 22.0. The first-order valence-corrected chi connectivity index (χ1v) is 12.4. The Hall–Kier alpha value is -2.78. The van der Waals surface area contributed by atoms with Crippen LogP contribution in [0.4, 0.5) is 0 Å². The molecule has 5 rings (SSSR count). The predicted molar refractivity (Wildman–Crippen MR) is 141 cm³/mol. The molecule has 0 unspecified atom stereocenters. The molecule has 168 valence electrons. The topological polar surface area (TPSA) is 39.8 Å². The van der Waals surface area contributed by atoms with Gasteiger partial charge in [0.15, 0.2) is 0 Å². The van der Waals surface area contributed by atoms with Crippen LogP contribution in [0.25, 0.3) is 33.4 Å². The van der Waals surface area contributed by atoms with E-state index in [1.165, 1.54) is 0 Å². The molecule has 0 amide bonds. The average molecular weight is 548 g/mol. The fraction of sp³-hybridized carbons (Fsp3) is 0.111. The minimum absolute atomic E-state index is 0.0531. The van der Waals surface area contributed by atoms with Crippen molar-refractivity contribution in [2.24, 2.45) is 14.1 Å². The van der Waals surface area contributed by atoms with E-state index in [1.54, 1.807) is 17.7 Å². The van der Waals surface area contributed by atoms with Crippen LogP contribution in [0.3, 0.4) is 0 Å². The van der Waals surface area contributed by atoms with Gasteiger partial charge in [0.25, 0.3) is 0 Å². The molecule has 2 radical (unpaired) electrons. The third kappa shape index (κ3) is 4.22. The number of pyridine rings is 1. The Balaban J connectivity index is 1.61. The number of fused-ring (bicyclic) bond motifs is 1. The Bertz CT molecular complexity index is 1600. The average Bonchev–Trinajstić information content (AvgIpc) is 3.10. The number of imidazole rings is 1. The van der Waals surface area contributed by atoms with Crippen LogP contribution >= 0.6 is 23.2 Å². The van der Waals surface area contributed by atoms with Gasteiger partial charge in [-0.25, -0.2) is 0 Å². The molecule has 0 saturated heterocycles. The van der Waals surface area contributed by atoms with Gasteiger partial charge < -0.3 is 0 Å². The first-order chi connectivity index (χ1) is 16.3. The molecule has 2 aromatic heterocycles. The number of aromatic nitrogens is 3. The fourth-order valence-corrected chi connectivity index (χ4v) is 5.27. The van der Waals surface area contributed by atoms with Crippen molar-refractivity contribution >= 4 is 55.4 Å². The summed E-state index contributed by atoms with van der Waals surface area (Å²) in [5, 5.41) is 2.35. The zero-order chi connectivity index (χ0) is 24.0. The summed E-state index contributed by atoms with van der Waals surface area (Å²) in [5.41, 5.74) is 5.88. The van der Waals surface area contributed by atoms with Crippen LogP contribution < -0.4 is 10.0 Å². The van der Waals surface area contributed by atoms with Crippen LogP contribution in [0.5, 0.6) is 0 Å². The standard InChI is InChI=1S/C27H20AsCl2N3O/c1-32-23-11-6-16(12-22(23)21(15-25(32)34)18-4-3-5-20(30)14-18)13-24-26(28)31-27(33(24)2)17-7-9-19(29)10-8-17/h3-12,14-15H,13H2,1-2H3. The number of aryl methyl sites for hydroxylation is 1. The molecule has 0 aliphatic heterocycles. The second kappa shape index (κ2) is 9.11. The van der Waals surface area contributed by atoms with Gasteiger partial charge >= 0.3 is 217 Å². The second-order valence-electron chi connectivity index (χ2n) is 8.27. The molecule has 2 heterocycles. The number of benzene rings is 3. The van der Waals surface area contributed by atoms with E-state index in [-0.39, 0.29) is 5.56 Å². The van der Waals surface area contributed by atoms with E-state index in [0.29, 0.717) is 16.5 Å². The Kier molecular flexibility index (Phi) is 6.16. The summed E-state index contributed by atoms with van der Waals surface area (Å²) < 4.78 is 4.73. The fourth-order valence-electron chi connectivity index (χ4n) is 4.28. The third-order valence-corrected chi connectivity index (χ3v) is 7.35. The maximum atomic E-state index is 12.6. The molecule has 34 heavy (non-hydrogen) atoms. The molecule has 0 aliphatic rings. The van der Waals surface area contributed by atoms with Crippen molar-refractivity contribution in [2.45, 2.75) is 6.42 Å². The number of hydrogen-bond donors (Lipinski definition) is 0. The molecule has 0 fully saturated rings. The van der Waals surface area contributed by atoms with Gasteiger partial charge in [-0.2, -0.15) is 0 Å². The summed E-state index contributed by atoms with van der Waals surface area (Å²) in [4.78, 5) is 17.4. The minimum atomic E-state index is -0.0531. The van der Waals surface area contributed by atoms with E-state index in [2.05, 4.69) is 33.6 Å². The number of rotatable bonds is 4. The number of halogens is 2. The quantitative estimate of drug-likeness (QED) is 0.286. The van der Waals surface area contributed by atoms with Crippen LogP contribution in [0.2, 0.25) is 10.0 Å². The monoisotopic (exact) mass is 547 g/mol. The first-order valence-electron chi connectivity index (χ1n) is 10.7. The summed E-state index contributed by atoms with van der Waals surface area (Å²) in [7, 11) is 3.83. The van der Waals surface area contributed by atoms with Gasteiger partial charge in [-0.15, -0.1) is 0 Å². The van der Waals surface area contributed by atoms with Gasteiger partial charge in [0, 0.05) is 0 Å². The van der Waals surface area contributed by atoms with Crippen molar-refractivity contribution in [3.05, 3.63) is 104 Å². The second-order valence-corrected chi connectivity index (χ2v) is 10.0. The molecule has 0 saturated carbocycles. The van der Waals surface area contributed by atoms with Crippen LogP contribution in [0.1, 0.15) is 11.3 Å². The first kappa shape index (κ1) is 23.0. The van der Waals surface area contributed by atoms with E-state index in [9.17, 15) is 4.79 Å². The Morgan fingerprint density at radius 3 is 2.35 bits per heavy atom. The molecule has 7 heteroatoms. The van der Waals surface area contributed by atoms with Gasteiger partial charge in [0.2, 0.25) is 0 Å². The Morgan fingerprint density at radius 2 is 1.62 bits per heavy atom. The molecular formula is C27H20AsCl2N3O. The van der Waals surface area contributed by atoms with Crippen LogP contribution in [0, 0.1) is 0 Å². The molecule has 0 bridgehead atoms. The van der Waals surface area contributed by atoms with Crippen molar-refractivity contribution < 1.29 is 0 Å². The van der Waals surface area contributed by atoms with Crippen molar-refractivity contribution in [3.63, 3.8) is 0 Å². The third-order valence-electron chi connectivity index (χ3n) is 6.11. The van der Waals surface area contributed by atoms with Gasteiger partial charge in [-0.1, -0.05) is 0 Å². The van der Waals surface area contributed by atoms with E-state index in [1.807, 2.05) is 61.6 Å². The summed E-state index contributed by atoms with van der Waals surface area (Å²) in [6, 6.07) is 23.3. The molecule has 0 atom stereocenters. The summed E-state index contributed by atoms with van der Waals surface area (Å²) in [5.74, 6) is 0.894. The van der Waals surface area contributed by atoms with Crippen LogP contribution in [-0.2, 0) is 20.5 Å².